The molecule has 2 aliphatic rings. The zero-order valence-electron chi connectivity index (χ0n) is 13.9. The summed E-state index contributed by atoms with van der Waals surface area (Å²) in [5, 5.41) is 23.8. The number of aryl methyl sites for hydroxylation is 1. The fourth-order valence-electron chi connectivity index (χ4n) is 3.40. The fourth-order valence-corrected chi connectivity index (χ4v) is 4.57. The maximum Gasteiger partial charge on any atom is 0.275 e. The van der Waals surface area contributed by atoms with Crippen LogP contribution >= 0.6 is 11.3 Å². The second kappa shape index (κ2) is 6.04. The fraction of sp³-hybridized carbons (Fsp3) is 0.278. The molecule has 0 saturated heterocycles. The number of rotatable bonds is 2. The molecule has 1 unspecified atom stereocenters. The first-order valence-electron chi connectivity index (χ1n) is 8.21. The molecular formula is C18H14N4O3S. The zero-order chi connectivity index (χ0) is 18.4. The second-order valence-electron chi connectivity index (χ2n) is 6.55. The van der Waals surface area contributed by atoms with Crippen molar-refractivity contribution in [3.63, 3.8) is 0 Å². The Morgan fingerprint density at radius 3 is 3.00 bits per heavy atom. The van der Waals surface area contributed by atoms with E-state index in [1.807, 2.05) is 0 Å². The van der Waals surface area contributed by atoms with Crippen LogP contribution < -0.4 is 5.32 Å². The molecule has 1 N–H and O–H groups in total. The van der Waals surface area contributed by atoms with Crippen LogP contribution in [0.2, 0.25) is 0 Å². The molecule has 130 valence electrons. The number of aliphatic imine (C=N–C) groups is 1. The predicted octanol–water partition coefficient (Wildman–Crippen LogP) is 3.73. The van der Waals surface area contributed by atoms with Gasteiger partial charge < -0.3 is 5.32 Å². The number of nitrogens with one attached hydrogen (secondary N) is 1. The third kappa shape index (κ3) is 2.57. The summed E-state index contributed by atoms with van der Waals surface area (Å²) in [6, 6.07) is 6.41. The number of thiophene rings is 1. The van der Waals surface area contributed by atoms with Crippen molar-refractivity contribution < 1.29 is 9.72 Å². The van der Waals surface area contributed by atoms with Crippen molar-refractivity contribution in [1.82, 2.24) is 0 Å². The molecule has 1 aromatic carbocycles. The van der Waals surface area contributed by atoms with E-state index in [-0.39, 0.29) is 11.4 Å². The molecule has 2 aromatic rings. The minimum absolute atomic E-state index is 0.104. The van der Waals surface area contributed by atoms with Crippen LogP contribution in [-0.4, -0.2) is 16.5 Å². The van der Waals surface area contributed by atoms with Gasteiger partial charge in [0.25, 0.3) is 11.6 Å². The normalized spacial score (nSPS) is 19.6. The smallest absolute Gasteiger partial charge is 0.275 e. The van der Waals surface area contributed by atoms with Crippen molar-refractivity contribution in [3.8, 4) is 6.07 Å². The van der Waals surface area contributed by atoms with Crippen LogP contribution in [0, 0.1) is 27.4 Å². The molecule has 0 fully saturated rings. The number of anilines is 1. The van der Waals surface area contributed by atoms with E-state index < -0.39 is 10.8 Å². The van der Waals surface area contributed by atoms with Crippen molar-refractivity contribution in [2.45, 2.75) is 26.2 Å². The van der Waals surface area contributed by atoms with Gasteiger partial charge in [-0.3, -0.25) is 14.9 Å². The number of nitro groups is 1. The van der Waals surface area contributed by atoms with Crippen LogP contribution in [0.15, 0.2) is 23.2 Å². The van der Waals surface area contributed by atoms with Crippen LogP contribution in [0.25, 0.3) is 0 Å². The van der Waals surface area contributed by atoms with E-state index in [1.54, 1.807) is 0 Å². The Morgan fingerprint density at radius 1 is 1.46 bits per heavy atom. The van der Waals surface area contributed by atoms with Gasteiger partial charge in [0.2, 0.25) is 0 Å². The molecule has 0 spiro atoms. The SMILES string of the molecule is CC1CCc2sc(N=C3C(=O)Nc4ccc([N+](=O)[O-])cc43)c(C#N)c2C1. The van der Waals surface area contributed by atoms with E-state index >= 15 is 0 Å². The highest BCUT2D eigenvalue weighted by Crippen LogP contribution is 2.41. The number of nitrogens with zero attached hydrogens (tertiary/aromatic N) is 3. The van der Waals surface area contributed by atoms with Gasteiger partial charge in [-0.2, -0.15) is 5.26 Å². The highest BCUT2D eigenvalue weighted by atomic mass is 32.1. The van der Waals surface area contributed by atoms with E-state index in [0.717, 1.165) is 29.7 Å². The molecule has 0 bridgehead atoms. The number of nitriles is 1. The van der Waals surface area contributed by atoms with Gasteiger partial charge in [-0.05, 0) is 36.8 Å². The van der Waals surface area contributed by atoms with Crippen molar-refractivity contribution in [2.24, 2.45) is 10.9 Å². The summed E-state index contributed by atoms with van der Waals surface area (Å²) in [6.07, 6.45) is 2.83. The topological polar surface area (TPSA) is 108 Å². The molecule has 0 saturated carbocycles. The van der Waals surface area contributed by atoms with E-state index in [2.05, 4.69) is 23.3 Å². The Hall–Kier alpha value is -3.05. The van der Waals surface area contributed by atoms with Crippen molar-refractivity contribution in [2.75, 3.05) is 5.32 Å². The first-order valence-corrected chi connectivity index (χ1v) is 9.03. The van der Waals surface area contributed by atoms with Gasteiger partial charge in [0.15, 0.2) is 0 Å². The summed E-state index contributed by atoms with van der Waals surface area (Å²) in [4.78, 5) is 28.5. The number of carbonyl (C=O) groups excluding carboxylic acids is 1. The molecule has 1 aliphatic carbocycles. The lowest BCUT2D eigenvalue weighted by molar-refractivity contribution is -0.384. The van der Waals surface area contributed by atoms with Crippen LogP contribution in [-0.2, 0) is 17.6 Å². The van der Waals surface area contributed by atoms with Gasteiger partial charge in [0.05, 0.1) is 16.2 Å². The summed E-state index contributed by atoms with van der Waals surface area (Å²) >= 11 is 1.44. The van der Waals surface area contributed by atoms with Crippen LogP contribution in [0.3, 0.4) is 0 Å². The van der Waals surface area contributed by atoms with Gasteiger partial charge in [-0.25, -0.2) is 4.99 Å². The average Bonchev–Trinajstić information content (AvgIpc) is 3.11. The summed E-state index contributed by atoms with van der Waals surface area (Å²) in [5.74, 6) is 0.104. The monoisotopic (exact) mass is 366 g/mol. The van der Waals surface area contributed by atoms with E-state index in [4.69, 9.17) is 0 Å². The Labute approximate surface area is 153 Å². The molecule has 1 amide bonds. The van der Waals surface area contributed by atoms with Gasteiger partial charge >= 0.3 is 0 Å². The molecule has 1 aliphatic heterocycles. The summed E-state index contributed by atoms with van der Waals surface area (Å²) < 4.78 is 0. The Bertz CT molecular complexity index is 1030. The minimum Gasteiger partial charge on any atom is -0.320 e. The Morgan fingerprint density at radius 2 is 2.27 bits per heavy atom. The Kier molecular flexibility index (Phi) is 3.81. The third-order valence-electron chi connectivity index (χ3n) is 4.75. The van der Waals surface area contributed by atoms with Gasteiger partial charge in [0.1, 0.15) is 16.8 Å². The van der Waals surface area contributed by atoms with Crippen LogP contribution in [0.1, 0.15) is 34.9 Å². The predicted molar refractivity (Wildman–Crippen MR) is 98.1 cm³/mol. The number of fused-ring (bicyclic) bond motifs is 2. The molecule has 4 rings (SSSR count). The molecule has 26 heavy (non-hydrogen) atoms. The number of nitro benzene ring substituents is 1. The maximum atomic E-state index is 12.3. The second-order valence-corrected chi connectivity index (χ2v) is 7.63. The number of hydrogen-bond donors (Lipinski definition) is 1. The van der Waals surface area contributed by atoms with E-state index in [0.29, 0.717) is 27.7 Å². The number of carbonyl (C=O) groups is 1. The highest BCUT2D eigenvalue weighted by Gasteiger charge is 2.30. The summed E-state index contributed by atoms with van der Waals surface area (Å²) in [7, 11) is 0. The summed E-state index contributed by atoms with van der Waals surface area (Å²) in [5.41, 5.74) is 2.46. The first kappa shape index (κ1) is 16.4. The summed E-state index contributed by atoms with van der Waals surface area (Å²) in [6.45, 7) is 2.16. The Balaban J connectivity index is 1.84. The van der Waals surface area contributed by atoms with Crippen molar-refractivity contribution in [3.05, 3.63) is 49.9 Å². The molecular weight excluding hydrogens is 352 g/mol. The van der Waals surface area contributed by atoms with Crippen molar-refractivity contribution in [1.29, 1.82) is 5.26 Å². The number of benzene rings is 1. The largest absolute Gasteiger partial charge is 0.320 e. The van der Waals surface area contributed by atoms with Crippen molar-refractivity contribution >= 4 is 39.3 Å². The average molecular weight is 366 g/mol. The van der Waals surface area contributed by atoms with Crippen LogP contribution in [0.5, 0.6) is 0 Å². The van der Waals surface area contributed by atoms with E-state index in [1.165, 1.54) is 29.5 Å². The molecule has 1 atom stereocenters. The number of hydrogen-bond acceptors (Lipinski definition) is 6. The quantitative estimate of drug-likeness (QED) is 0.645. The zero-order valence-corrected chi connectivity index (χ0v) is 14.7. The lowest BCUT2D eigenvalue weighted by Gasteiger charge is -2.17. The third-order valence-corrected chi connectivity index (χ3v) is 5.93. The number of amides is 1. The van der Waals surface area contributed by atoms with E-state index in [9.17, 15) is 20.2 Å². The first-order chi connectivity index (χ1) is 12.5. The lowest BCUT2D eigenvalue weighted by Crippen LogP contribution is -2.14. The van der Waals surface area contributed by atoms with Gasteiger partial charge in [-0.15, -0.1) is 11.3 Å². The standard InChI is InChI=1S/C18H14N4O3S/c1-9-2-5-15-11(6-9)13(8-19)18(26-15)21-16-12-7-10(22(24)25)3-4-14(12)20-17(16)23/h3-4,7,9H,2,5-6H2,1H3,(H,20,21,23). The molecule has 2 heterocycles. The molecule has 7 nitrogen and oxygen atoms in total. The van der Waals surface area contributed by atoms with Crippen LogP contribution in [0.4, 0.5) is 16.4 Å². The maximum absolute atomic E-state index is 12.3. The lowest BCUT2D eigenvalue weighted by atomic mass is 9.88. The molecule has 8 heteroatoms. The van der Waals surface area contributed by atoms with Gasteiger partial charge in [-0.1, -0.05) is 6.92 Å². The highest BCUT2D eigenvalue weighted by molar-refractivity contribution is 7.16. The minimum atomic E-state index is -0.507. The number of non-ortho nitro benzene ring substituents is 1. The molecule has 0 radical (unpaired) electrons. The molecule has 1 aromatic heterocycles. The van der Waals surface area contributed by atoms with Gasteiger partial charge in [0, 0.05) is 22.6 Å².